The number of nitrogens with zero attached hydrogens (tertiary/aromatic N) is 1. The average molecular weight is 225 g/mol. The minimum atomic E-state index is -0.0584. The summed E-state index contributed by atoms with van der Waals surface area (Å²) >= 11 is 0. The van der Waals surface area contributed by atoms with Gasteiger partial charge in [0.1, 0.15) is 5.82 Å². The van der Waals surface area contributed by atoms with Crippen molar-refractivity contribution in [3.05, 3.63) is 18.2 Å². The molecule has 0 aliphatic heterocycles. The van der Waals surface area contributed by atoms with Crippen LogP contribution < -0.4 is 5.32 Å². The SMILES string of the molecule is COC(C)(C)CC(C)NCCc1ncc[nH]1. The maximum Gasteiger partial charge on any atom is 0.107 e. The molecule has 0 fully saturated rings. The van der Waals surface area contributed by atoms with Crippen molar-refractivity contribution in [3.63, 3.8) is 0 Å². The molecule has 1 atom stereocenters. The Kier molecular flexibility index (Phi) is 4.96. The van der Waals surface area contributed by atoms with Gasteiger partial charge in [0.2, 0.25) is 0 Å². The van der Waals surface area contributed by atoms with Crippen LogP contribution in [-0.4, -0.2) is 35.3 Å². The van der Waals surface area contributed by atoms with E-state index in [2.05, 4.69) is 36.1 Å². The van der Waals surface area contributed by atoms with Crippen LogP contribution in [0.1, 0.15) is 33.0 Å². The van der Waals surface area contributed by atoms with Crippen LogP contribution in [0.5, 0.6) is 0 Å². The minimum Gasteiger partial charge on any atom is -0.379 e. The third-order valence-corrected chi connectivity index (χ3v) is 2.76. The number of rotatable bonds is 7. The first-order chi connectivity index (χ1) is 7.53. The summed E-state index contributed by atoms with van der Waals surface area (Å²) in [6.07, 6.45) is 5.58. The van der Waals surface area contributed by atoms with Gasteiger partial charge >= 0.3 is 0 Å². The van der Waals surface area contributed by atoms with E-state index >= 15 is 0 Å². The molecule has 1 aromatic heterocycles. The molecule has 1 heterocycles. The highest BCUT2D eigenvalue weighted by molar-refractivity contribution is 4.87. The third-order valence-electron chi connectivity index (χ3n) is 2.76. The maximum atomic E-state index is 5.40. The average Bonchev–Trinajstić information content (AvgIpc) is 2.70. The van der Waals surface area contributed by atoms with Crippen LogP contribution in [0.2, 0.25) is 0 Å². The van der Waals surface area contributed by atoms with Crippen LogP contribution in [0.25, 0.3) is 0 Å². The Labute approximate surface area is 97.8 Å². The Morgan fingerprint density at radius 2 is 2.31 bits per heavy atom. The van der Waals surface area contributed by atoms with Gasteiger partial charge in [-0.15, -0.1) is 0 Å². The van der Waals surface area contributed by atoms with Gasteiger partial charge in [-0.2, -0.15) is 0 Å². The highest BCUT2D eigenvalue weighted by Crippen LogP contribution is 2.15. The Bertz CT molecular complexity index is 282. The predicted octanol–water partition coefficient (Wildman–Crippen LogP) is 1.75. The first kappa shape index (κ1) is 13.2. The number of H-pyrrole nitrogens is 1. The van der Waals surface area contributed by atoms with E-state index in [9.17, 15) is 0 Å². The molecule has 0 amide bonds. The number of hydrogen-bond acceptors (Lipinski definition) is 3. The number of ether oxygens (including phenoxy) is 1. The lowest BCUT2D eigenvalue weighted by molar-refractivity contribution is 0.00864. The second-order valence-electron chi connectivity index (χ2n) is 4.81. The number of imidazole rings is 1. The molecule has 1 aromatic rings. The first-order valence-corrected chi connectivity index (χ1v) is 5.80. The van der Waals surface area contributed by atoms with Crippen molar-refractivity contribution in [1.29, 1.82) is 0 Å². The third kappa shape index (κ3) is 4.77. The molecular formula is C12H23N3O. The van der Waals surface area contributed by atoms with E-state index in [4.69, 9.17) is 4.74 Å². The van der Waals surface area contributed by atoms with Crippen LogP contribution >= 0.6 is 0 Å². The molecule has 4 nitrogen and oxygen atoms in total. The molecular weight excluding hydrogens is 202 g/mol. The van der Waals surface area contributed by atoms with Gasteiger partial charge in [-0.25, -0.2) is 4.98 Å². The number of aromatic amines is 1. The number of nitrogens with one attached hydrogen (secondary N) is 2. The van der Waals surface area contributed by atoms with Gasteiger partial charge in [-0.3, -0.25) is 0 Å². The van der Waals surface area contributed by atoms with Gasteiger partial charge < -0.3 is 15.0 Å². The molecule has 0 aromatic carbocycles. The van der Waals surface area contributed by atoms with E-state index in [1.165, 1.54) is 0 Å². The van der Waals surface area contributed by atoms with Gasteiger partial charge in [-0.05, 0) is 27.2 Å². The monoisotopic (exact) mass is 225 g/mol. The van der Waals surface area contributed by atoms with Crippen molar-refractivity contribution in [2.45, 2.75) is 45.3 Å². The fraction of sp³-hybridized carbons (Fsp3) is 0.750. The first-order valence-electron chi connectivity index (χ1n) is 5.80. The van der Waals surface area contributed by atoms with E-state index in [0.29, 0.717) is 6.04 Å². The summed E-state index contributed by atoms with van der Waals surface area (Å²) < 4.78 is 5.40. The van der Waals surface area contributed by atoms with Gasteiger partial charge in [0.15, 0.2) is 0 Å². The molecule has 0 bridgehead atoms. The molecule has 0 saturated carbocycles. The lowest BCUT2D eigenvalue weighted by atomic mass is 10.00. The number of methoxy groups -OCH3 is 1. The number of aromatic nitrogens is 2. The molecule has 0 spiro atoms. The molecule has 2 N–H and O–H groups in total. The minimum absolute atomic E-state index is 0.0584. The summed E-state index contributed by atoms with van der Waals surface area (Å²) in [5.74, 6) is 1.03. The molecule has 16 heavy (non-hydrogen) atoms. The van der Waals surface area contributed by atoms with Gasteiger partial charge in [0.25, 0.3) is 0 Å². The van der Waals surface area contributed by atoms with Crippen molar-refractivity contribution in [2.24, 2.45) is 0 Å². The van der Waals surface area contributed by atoms with Gasteiger partial charge in [-0.1, -0.05) is 0 Å². The predicted molar refractivity (Wildman–Crippen MR) is 65.5 cm³/mol. The second kappa shape index (κ2) is 6.01. The summed E-state index contributed by atoms with van der Waals surface area (Å²) in [7, 11) is 1.76. The van der Waals surface area contributed by atoms with Gasteiger partial charge in [0.05, 0.1) is 5.60 Å². The van der Waals surface area contributed by atoms with Crippen LogP contribution in [-0.2, 0) is 11.2 Å². The summed E-state index contributed by atoms with van der Waals surface area (Å²) in [4.78, 5) is 7.28. The standard InChI is InChI=1S/C12H23N3O/c1-10(9-12(2,3)16-4)13-6-5-11-14-7-8-15-11/h7-8,10,13H,5-6,9H2,1-4H3,(H,14,15). The van der Waals surface area contributed by atoms with E-state index in [1.807, 2.05) is 6.20 Å². The molecule has 0 radical (unpaired) electrons. The van der Waals surface area contributed by atoms with Crippen LogP contribution in [0.4, 0.5) is 0 Å². The smallest absolute Gasteiger partial charge is 0.107 e. The lowest BCUT2D eigenvalue weighted by Crippen LogP contribution is -2.36. The molecule has 4 heteroatoms. The highest BCUT2D eigenvalue weighted by Gasteiger charge is 2.19. The zero-order chi connectivity index (χ0) is 12.0. The second-order valence-corrected chi connectivity index (χ2v) is 4.81. The fourth-order valence-corrected chi connectivity index (χ4v) is 1.76. The Hall–Kier alpha value is -0.870. The fourth-order valence-electron chi connectivity index (χ4n) is 1.76. The van der Waals surface area contributed by atoms with Crippen LogP contribution in [0.3, 0.4) is 0 Å². The zero-order valence-corrected chi connectivity index (χ0v) is 10.7. The van der Waals surface area contributed by atoms with Crippen molar-refractivity contribution >= 4 is 0 Å². The zero-order valence-electron chi connectivity index (χ0n) is 10.7. The van der Waals surface area contributed by atoms with Crippen LogP contribution in [0, 0.1) is 0 Å². The van der Waals surface area contributed by atoms with Crippen molar-refractivity contribution in [3.8, 4) is 0 Å². The molecule has 0 saturated heterocycles. The molecule has 1 unspecified atom stereocenters. The Balaban J connectivity index is 2.18. The Morgan fingerprint density at radius 3 is 2.88 bits per heavy atom. The molecule has 0 aliphatic rings. The highest BCUT2D eigenvalue weighted by atomic mass is 16.5. The van der Waals surface area contributed by atoms with Crippen LogP contribution in [0.15, 0.2) is 12.4 Å². The lowest BCUT2D eigenvalue weighted by Gasteiger charge is -2.27. The molecule has 1 rings (SSSR count). The summed E-state index contributed by atoms with van der Waals surface area (Å²) in [5.41, 5.74) is -0.0584. The van der Waals surface area contributed by atoms with E-state index in [-0.39, 0.29) is 5.60 Å². The van der Waals surface area contributed by atoms with Crippen molar-refractivity contribution in [2.75, 3.05) is 13.7 Å². The van der Waals surface area contributed by atoms with Gasteiger partial charge in [0, 0.05) is 38.5 Å². The summed E-state index contributed by atoms with van der Waals surface area (Å²) in [5, 5.41) is 3.47. The topological polar surface area (TPSA) is 49.9 Å². The Morgan fingerprint density at radius 1 is 1.56 bits per heavy atom. The van der Waals surface area contributed by atoms with E-state index in [1.54, 1.807) is 13.3 Å². The maximum absolute atomic E-state index is 5.40. The summed E-state index contributed by atoms with van der Waals surface area (Å²) in [6.45, 7) is 7.34. The van der Waals surface area contributed by atoms with E-state index in [0.717, 1.165) is 25.2 Å². The van der Waals surface area contributed by atoms with E-state index < -0.39 is 0 Å². The van der Waals surface area contributed by atoms with Crippen molar-refractivity contribution < 1.29 is 4.74 Å². The number of hydrogen-bond donors (Lipinski definition) is 2. The van der Waals surface area contributed by atoms with Crippen molar-refractivity contribution in [1.82, 2.24) is 15.3 Å². The largest absolute Gasteiger partial charge is 0.379 e. The summed E-state index contributed by atoms with van der Waals surface area (Å²) in [6, 6.07) is 0.449. The quantitative estimate of drug-likeness (QED) is 0.743. The molecule has 0 aliphatic carbocycles. The normalized spacial score (nSPS) is 14.0. The molecule has 92 valence electrons.